The first-order valence-electron chi connectivity index (χ1n) is 5.85. The van der Waals surface area contributed by atoms with E-state index in [9.17, 15) is 0 Å². The highest BCUT2D eigenvalue weighted by Gasteiger charge is 2.10. The monoisotopic (exact) mass is 251 g/mol. The number of para-hydroxylation sites is 1. The molecule has 16 heavy (non-hydrogen) atoms. The number of hydrogen-bond donors (Lipinski definition) is 0. The number of benzene rings is 1. The summed E-state index contributed by atoms with van der Waals surface area (Å²) in [5.41, 5.74) is 1.14. The van der Waals surface area contributed by atoms with Crippen LogP contribution in [0, 0.1) is 0 Å². The Balaban J connectivity index is 2.14. The molecule has 1 aromatic carbocycles. The van der Waals surface area contributed by atoms with E-state index in [0.717, 1.165) is 10.8 Å². The summed E-state index contributed by atoms with van der Waals surface area (Å²) in [4.78, 5) is 4.66. The molecule has 1 aromatic heterocycles. The van der Waals surface area contributed by atoms with E-state index in [1.54, 1.807) is 0 Å². The van der Waals surface area contributed by atoms with Crippen molar-refractivity contribution in [3.63, 3.8) is 0 Å². The topological polar surface area (TPSA) is 12.9 Å². The SMILES string of the molecule is CCCC(CC)Sc1nc2ccccc2s1. The van der Waals surface area contributed by atoms with E-state index in [2.05, 4.69) is 43.1 Å². The Bertz CT molecular complexity index is 417. The van der Waals surface area contributed by atoms with Crippen molar-refractivity contribution in [1.29, 1.82) is 0 Å². The zero-order valence-electron chi connectivity index (χ0n) is 9.77. The van der Waals surface area contributed by atoms with Crippen LogP contribution in [0.5, 0.6) is 0 Å². The van der Waals surface area contributed by atoms with Gasteiger partial charge in [-0.2, -0.15) is 0 Å². The van der Waals surface area contributed by atoms with Gasteiger partial charge < -0.3 is 0 Å². The second kappa shape index (κ2) is 5.69. The number of thiazole rings is 1. The maximum absolute atomic E-state index is 4.66. The van der Waals surface area contributed by atoms with Crippen LogP contribution in [0.4, 0.5) is 0 Å². The average molecular weight is 251 g/mol. The molecular formula is C13H17NS2. The first-order valence-corrected chi connectivity index (χ1v) is 7.55. The lowest BCUT2D eigenvalue weighted by Crippen LogP contribution is -1.98. The maximum atomic E-state index is 4.66. The molecule has 1 unspecified atom stereocenters. The summed E-state index contributed by atoms with van der Waals surface area (Å²) >= 11 is 3.77. The van der Waals surface area contributed by atoms with Crippen LogP contribution >= 0.6 is 23.1 Å². The van der Waals surface area contributed by atoms with Crippen molar-refractivity contribution in [3.05, 3.63) is 24.3 Å². The first kappa shape index (κ1) is 11.9. The number of hydrogen-bond acceptors (Lipinski definition) is 3. The van der Waals surface area contributed by atoms with Crippen LogP contribution in [-0.2, 0) is 0 Å². The van der Waals surface area contributed by atoms with Crippen LogP contribution in [0.25, 0.3) is 10.2 Å². The maximum Gasteiger partial charge on any atom is 0.151 e. The van der Waals surface area contributed by atoms with Gasteiger partial charge in [-0.3, -0.25) is 0 Å². The predicted octanol–water partition coefficient (Wildman–Crippen LogP) is 4.97. The van der Waals surface area contributed by atoms with Crippen molar-refractivity contribution in [2.45, 2.75) is 42.7 Å². The number of aromatic nitrogens is 1. The fourth-order valence-electron chi connectivity index (χ4n) is 1.71. The molecule has 3 heteroatoms. The Morgan fingerprint density at radius 3 is 2.81 bits per heavy atom. The molecule has 1 heterocycles. The Labute approximate surface area is 105 Å². The quantitative estimate of drug-likeness (QED) is 0.696. The van der Waals surface area contributed by atoms with E-state index in [0.29, 0.717) is 0 Å². The van der Waals surface area contributed by atoms with Gasteiger partial charge in [0.15, 0.2) is 4.34 Å². The Morgan fingerprint density at radius 2 is 2.12 bits per heavy atom. The van der Waals surface area contributed by atoms with E-state index >= 15 is 0 Å². The van der Waals surface area contributed by atoms with Crippen molar-refractivity contribution in [1.82, 2.24) is 4.98 Å². The minimum absolute atomic E-state index is 0.727. The minimum atomic E-state index is 0.727. The highest BCUT2D eigenvalue weighted by atomic mass is 32.2. The van der Waals surface area contributed by atoms with E-state index in [1.807, 2.05) is 23.1 Å². The van der Waals surface area contributed by atoms with E-state index < -0.39 is 0 Å². The number of nitrogens with zero attached hydrogens (tertiary/aromatic N) is 1. The normalized spacial score (nSPS) is 13.1. The smallest absolute Gasteiger partial charge is 0.151 e. The van der Waals surface area contributed by atoms with Gasteiger partial charge in [0.2, 0.25) is 0 Å². The molecule has 2 aromatic rings. The Kier molecular flexibility index (Phi) is 4.24. The van der Waals surface area contributed by atoms with Crippen LogP contribution in [-0.4, -0.2) is 10.2 Å². The molecular weight excluding hydrogens is 234 g/mol. The van der Waals surface area contributed by atoms with Crippen molar-refractivity contribution in [3.8, 4) is 0 Å². The van der Waals surface area contributed by atoms with Crippen LogP contribution in [0.2, 0.25) is 0 Å². The van der Waals surface area contributed by atoms with Crippen LogP contribution in [0.1, 0.15) is 33.1 Å². The second-order valence-corrected chi connectivity index (χ2v) is 6.46. The van der Waals surface area contributed by atoms with Crippen LogP contribution in [0.15, 0.2) is 28.6 Å². The number of thioether (sulfide) groups is 1. The molecule has 0 spiro atoms. The number of rotatable bonds is 5. The summed E-state index contributed by atoms with van der Waals surface area (Å²) in [6, 6.07) is 8.38. The Hall–Kier alpha value is -0.540. The van der Waals surface area contributed by atoms with Gasteiger partial charge >= 0.3 is 0 Å². The Morgan fingerprint density at radius 1 is 1.31 bits per heavy atom. The molecule has 0 saturated heterocycles. The molecule has 0 bridgehead atoms. The molecule has 0 amide bonds. The lowest BCUT2D eigenvalue weighted by Gasteiger charge is -2.10. The van der Waals surface area contributed by atoms with Crippen LogP contribution < -0.4 is 0 Å². The second-order valence-electron chi connectivity index (χ2n) is 3.88. The fourth-order valence-corrected chi connectivity index (χ4v) is 4.24. The standard InChI is InChI=1S/C13H17NS2/c1-3-7-10(4-2)15-13-14-11-8-5-6-9-12(11)16-13/h5-6,8-10H,3-4,7H2,1-2H3. The van der Waals surface area contributed by atoms with E-state index in [4.69, 9.17) is 0 Å². The molecule has 1 nitrogen and oxygen atoms in total. The van der Waals surface area contributed by atoms with Gasteiger partial charge in [0, 0.05) is 5.25 Å². The first-order chi connectivity index (χ1) is 7.83. The molecule has 0 aliphatic rings. The molecule has 86 valence electrons. The van der Waals surface area contributed by atoms with Crippen molar-refractivity contribution < 1.29 is 0 Å². The molecule has 0 N–H and O–H groups in total. The van der Waals surface area contributed by atoms with Gasteiger partial charge in [-0.15, -0.1) is 11.3 Å². The molecule has 0 aliphatic carbocycles. The molecule has 0 fully saturated rings. The van der Waals surface area contributed by atoms with Gasteiger partial charge in [0.05, 0.1) is 10.2 Å². The number of fused-ring (bicyclic) bond motifs is 1. The van der Waals surface area contributed by atoms with Crippen LogP contribution in [0.3, 0.4) is 0 Å². The summed E-state index contributed by atoms with van der Waals surface area (Å²) in [5, 5.41) is 0.727. The van der Waals surface area contributed by atoms with Gasteiger partial charge in [-0.05, 0) is 25.0 Å². The lowest BCUT2D eigenvalue weighted by molar-refractivity contribution is 0.719. The summed E-state index contributed by atoms with van der Waals surface area (Å²) in [7, 11) is 0. The van der Waals surface area contributed by atoms with Crippen molar-refractivity contribution in [2.24, 2.45) is 0 Å². The molecule has 0 saturated carbocycles. The largest absolute Gasteiger partial charge is 0.230 e. The van der Waals surface area contributed by atoms with Crippen molar-refractivity contribution >= 4 is 33.3 Å². The summed E-state index contributed by atoms with van der Waals surface area (Å²) in [6.45, 7) is 4.52. The molecule has 1 atom stereocenters. The zero-order chi connectivity index (χ0) is 11.4. The highest BCUT2D eigenvalue weighted by molar-refractivity contribution is 8.01. The highest BCUT2D eigenvalue weighted by Crippen LogP contribution is 2.34. The fraction of sp³-hybridized carbons (Fsp3) is 0.462. The van der Waals surface area contributed by atoms with Crippen molar-refractivity contribution in [2.75, 3.05) is 0 Å². The van der Waals surface area contributed by atoms with E-state index in [1.165, 1.54) is 28.3 Å². The zero-order valence-corrected chi connectivity index (χ0v) is 11.4. The molecule has 0 radical (unpaired) electrons. The third-order valence-corrected chi connectivity index (χ3v) is 5.17. The van der Waals surface area contributed by atoms with Gasteiger partial charge in [-0.1, -0.05) is 44.2 Å². The van der Waals surface area contributed by atoms with Gasteiger partial charge in [0.1, 0.15) is 0 Å². The summed E-state index contributed by atoms with van der Waals surface area (Å²) in [5.74, 6) is 0. The third-order valence-electron chi connectivity index (χ3n) is 2.61. The predicted molar refractivity (Wildman–Crippen MR) is 74.5 cm³/mol. The molecule has 0 aliphatic heterocycles. The van der Waals surface area contributed by atoms with E-state index in [-0.39, 0.29) is 0 Å². The molecule has 2 rings (SSSR count). The van der Waals surface area contributed by atoms with Gasteiger partial charge in [-0.25, -0.2) is 4.98 Å². The minimum Gasteiger partial charge on any atom is -0.230 e. The summed E-state index contributed by atoms with van der Waals surface area (Å²) < 4.78 is 2.53. The average Bonchev–Trinajstić information content (AvgIpc) is 2.70. The summed E-state index contributed by atoms with van der Waals surface area (Å²) in [6.07, 6.45) is 3.78. The lowest BCUT2D eigenvalue weighted by atomic mass is 10.2. The third kappa shape index (κ3) is 2.77. The van der Waals surface area contributed by atoms with Gasteiger partial charge in [0.25, 0.3) is 0 Å².